The Bertz CT molecular complexity index is 3020. The van der Waals surface area contributed by atoms with Crippen LogP contribution in [-0.2, 0) is 6.42 Å². The summed E-state index contributed by atoms with van der Waals surface area (Å²) < 4.78 is 6.26. The van der Waals surface area contributed by atoms with Crippen molar-refractivity contribution in [3.8, 4) is 11.1 Å². The summed E-state index contributed by atoms with van der Waals surface area (Å²) in [6, 6.07) is 57.5. The van der Waals surface area contributed by atoms with Crippen molar-refractivity contribution < 1.29 is 4.42 Å². The van der Waals surface area contributed by atoms with Crippen LogP contribution in [0.25, 0.3) is 60.6 Å². The Balaban J connectivity index is 1.08. The summed E-state index contributed by atoms with van der Waals surface area (Å²) in [4.78, 5) is 2.56. The van der Waals surface area contributed by atoms with E-state index in [9.17, 15) is 0 Å². The SMILES string of the molecule is C1=C(c2ccccc2)CCC(N(C2=CCCC=C2c2ccccc2)c2ccc3c(c2)CC=C(c2ccc4oc5ccccc5c4c2)c2ccc4ccccc4c2-3)=C1. The molecule has 3 aliphatic rings. The molecule has 8 aromatic rings. The van der Waals surface area contributed by atoms with Crippen LogP contribution in [0.3, 0.4) is 0 Å². The fraction of sp³-hybridized carbons (Fsp3) is 0.0909. The maximum Gasteiger partial charge on any atom is 0.135 e. The summed E-state index contributed by atoms with van der Waals surface area (Å²) >= 11 is 0. The second-order valence-corrected chi connectivity index (χ2v) is 15.4. The van der Waals surface area contributed by atoms with Crippen LogP contribution in [0.15, 0.2) is 204 Å². The summed E-state index contributed by atoms with van der Waals surface area (Å²) in [6.07, 6.45) is 16.9. The minimum absolute atomic E-state index is 0.817. The van der Waals surface area contributed by atoms with E-state index in [0.29, 0.717) is 0 Å². The molecule has 0 saturated carbocycles. The summed E-state index contributed by atoms with van der Waals surface area (Å²) in [7, 11) is 0. The molecule has 11 rings (SSSR count). The van der Waals surface area contributed by atoms with Gasteiger partial charge in [0.2, 0.25) is 0 Å². The van der Waals surface area contributed by atoms with Crippen molar-refractivity contribution in [2.75, 3.05) is 4.90 Å². The number of para-hydroxylation sites is 1. The Hall–Kier alpha value is -6.90. The van der Waals surface area contributed by atoms with Gasteiger partial charge in [0.05, 0.1) is 0 Å². The third-order valence-electron chi connectivity index (χ3n) is 12.1. The van der Waals surface area contributed by atoms with Crippen LogP contribution in [0, 0.1) is 0 Å². The predicted molar refractivity (Wildman–Crippen MR) is 240 cm³/mol. The Morgan fingerprint density at radius 3 is 2.05 bits per heavy atom. The number of anilines is 1. The molecule has 0 bridgehead atoms. The van der Waals surface area contributed by atoms with E-state index in [4.69, 9.17) is 4.42 Å². The topological polar surface area (TPSA) is 16.4 Å². The molecule has 0 radical (unpaired) electrons. The molecule has 3 aliphatic carbocycles. The number of hydrogen-bond donors (Lipinski definition) is 0. The van der Waals surface area contributed by atoms with Crippen LogP contribution in [0.4, 0.5) is 5.69 Å². The summed E-state index contributed by atoms with van der Waals surface area (Å²) in [5.41, 5.74) is 18.6. The van der Waals surface area contributed by atoms with Gasteiger partial charge in [-0.15, -0.1) is 0 Å². The zero-order chi connectivity index (χ0) is 37.7. The molecule has 0 atom stereocenters. The lowest BCUT2D eigenvalue weighted by Crippen LogP contribution is -2.25. The van der Waals surface area contributed by atoms with Crippen LogP contribution in [0.5, 0.6) is 0 Å². The highest BCUT2D eigenvalue weighted by Gasteiger charge is 2.27. The highest BCUT2D eigenvalue weighted by molar-refractivity contribution is 6.09. The molecule has 2 nitrogen and oxygen atoms in total. The molecule has 272 valence electrons. The minimum atomic E-state index is 0.817. The lowest BCUT2D eigenvalue weighted by atomic mass is 9.87. The smallest absolute Gasteiger partial charge is 0.135 e. The van der Waals surface area contributed by atoms with E-state index in [1.54, 1.807) is 0 Å². The zero-order valence-corrected chi connectivity index (χ0v) is 31.8. The van der Waals surface area contributed by atoms with E-state index in [-0.39, 0.29) is 0 Å². The monoisotopic (exact) mass is 731 g/mol. The van der Waals surface area contributed by atoms with Crippen LogP contribution in [0.1, 0.15) is 53.5 Å². The Morgan fingerprint density at radius 1 is 0.474 bits per heavy atom. The van der Waals surface area contributed by atoms with Gasteiger partial charge in [-0.05, 0) is 129 Å². The van der Waals surface area contributed by atoms with Gasteiger partial charge in [0.15, 0.2) is 0 Å². The first kappa shape index (κ1) is 33.4. The molecule has 0 saturated heterocycles. The van der Waals surface area contributed by atoms with Crippen molar-refractivity contribution in [2.45, 2.75) is 32.1 Å². The number of nitrogens with zero attached hydrogens (tertiary/aromatic N) is 1. The molecule has 0 aliphatic heterocycles. The van der Waals surface area contributed by atoms with Gasteiger partial charge in [0.1, 0.15) is 11.2 Å². The Morgan fingerprint density at radius 2 is 1.21 bits per heavy atom. The van der Waals surface area contributed by atoms with Crippen LogP contribution >= 0.6 is 0 Å². The Labute approximate surface area is 333 Å². The molecule has 0 unspecified atom stereocenters. The molecular weight excluding hydrogens is 691 g/mol. The summed E-state index contributed by atoms with van der Waals surface area (Å²) in [6.45, 7) is 0. The lowest BCUT2D eigenvalue weighted by Gasteiger charge is -2.35. The number of fused-ring (bicyclic) bond motifs is 8. The molecule has 2 heteroatoms. The van der Waals surface area contributed by atoms with Gasteiger partial charge < -0.3 is 9.32 Å². The third kappa shape index (κ3) is 5.88. The molecule has 0 spiro atoms. The molecule has 0 N–H and O–H groups in total. The number of rotatable bonds is 6. The van der Waals surface area contributed by atoms with Gasteiger partial charge in [-0.25, -0.2) is 0 Å². The van der Waals surface area contributed by atoms with Crippen LogP contribution in [-0.4, -0.2) is 0 Å². The van der Waals surface area contributed by atoms with Crippen molar-refractivity contribution in [1.29, 1.82) is 0 Å². The van der Waals surface area contributed by atoms with Crippen molar-refractivity contribution in [3.05, 3.63) is 227 Å². The zero-order valence-electron chi connectivity index (χ0n) is 31.8. The van der Waals surface area contributed by atoms with E-state index in [1.165, 1.54) is 83.5 Å². The highest BCUT2D eigenvalue weighted by atomic mass is 16.3. The highest BCUT2D eigenvalue weighted by Crippen LogP contribution is 2.46. The predicted octanol–water partition coefficient (Wildman–Crippen LogP) is 14.7. The van der Waals surface area contributed by atoms with Crippen molar-refractivity contribution in [2.24, 2.45) is 0 Å². The fourth-order valence-electron chi connectivity index (χ4n) is 9.33. The first-order valence-electron chi connectivity index (χ1n) is 20.3. The lowest BCUT2D eigenvalue weighted by molar-refractivity contribution is 0.669. The Kier molecular flexibility index (Phi) is 8.21. The average Bonchev–Trinajstić information content (AvgIpc) is 3.57. The fourth-order valence-corrected chi connectivity index (χ4v) is 9.33. The van der Waals surface area contributed by atoms with Gasteiger partial charge in [-0.3, -0.25) is 0 Å². The van der Waals surface area contributed by atoms with Crippen LogP contribution < -0.4 is 4.90 Å². The van der Waals surface area contributed by atoms with E-state index in [1.807, 2.05) is 6.07 Å². The number of benzene rings is 7. The normalized spacial score (nSPS) is 15.2. The molecule has 1 aromatic heterocycles. The van der Waals surface area contributed by atoms with Crippen molar-refractivity contribution in [3.63, 3.8) is 0 Å². The number of hydrogen-bond acceptors (Lipinski definition) is 2. The second-order valence-electron chi connectivity index (χ2n) is 15.4. The summed E-state index contributed by atoms with van der Waals surface area (Å²) in [5.74, 6) is 0. The van der Waals surface area contributed by atoms with Gasteiger partial charge in [-0.1, -0.05) is 152 Å². The van der Waals surface area contributed by atoms with E-state index >= 15 is 0 Å². The first-order chi connectivity index (χ1) is 28.3. The molecule has 57 heavy (non-hydrogen) atoms. The van der Waals surface area contributed by atoms with Gasteiger partial charge >= 0.3 is 0 Å². The van der Waals surface area contributed by atoms with E-state index in [2.05, 4.69) is 187 Å². The standard InChI is InChI=1S/C55H41NO/c1-3-13-37(14-4-1)38-23-28-43(29-24-38)56(52-21-11-9-18-46(52)39-15-5-2-6-16-39)44-30-33-48-41(35-44)26-31-45(50-32-25-40-17-7-8-19-47(40)55(48)50)42-27-34-54-51(36-42)49-20-10-12-22-53(49)57-54/h1-8,10,12-23,25,27-28,30-36H,9,11,24,26,29H2. The maximum atomic E-state index is 6.26. The third-order valence-corrected chi connectivity index (χ3v) is 12.1. The van der Waals surface area contributed by atoms with Gasteiger partial charge in [0.25, 0.3) is 0 Å². The molecule has 7 aromatic carbocycles. The van der Waals surface area contributed by atoms with Crippen molar-refractivity contribution in [1.82, 2.24) is 0 Å². The van der Waals surface area contributed by atoms with Crippen LogP contribution in [0.2, 0.25) is 0 Å². The molecule has 1 heterocycles. The average molecular weight is 732 g/mol. The maximum absolute atomic E-state index is 6.26. The largest absolute Gasteiger partial charge is 0.456 e. The second kappa shape index (κ2) is 14.0. The molecule has 0 fully saturated rings. The summed E-state index contributed by atoms with van der Waals surface area (Å²) in [5, 5.41) is 4.84. The first-order valence-corrected chi connectivity index (χ1v) is 20.3. The number of furan rings is 1. The molecule has 0 amide bonds. The number of allylic oxidation sites excluding steroid dienone is 8. The van der Waals surface area contributed by atoms with Gasteiger partial charge in [-0.2, -0.15) is 0 Å². The van der Waals surface area contributed by atoms with Crippen molar-refractivity contribution >= 4 is 55.1 Å². The molecular formula is C55H41NO. The van der Waals surface area contributed by atoms with Gasteiger partial charge in [0, 0.05) is 33.4 Å². The van der Waals surface area contributed by atoms with E-state index < -0.39 is 0 Å². The quantitative estimate of drug-likeness (QED) is 0.169. The minimum Gasteiger partial charge on any atom is -0.456 e. The van der Waals surface area contributed by atoms with E-state index in [0.717, 1.165) is 54.0 Å².